The first-order chi connectivity index (χ1) is 9.45. The molecule has 7 heteroatoms. The van der Waals surface area contributed by atoms with Crippen molar-refractivity contribution in [2.45, 2.75) is 6.18 Å². The number of nitrogens with one attached hydrogen (secondary N) is 1. The lowest BCUT2D eigenvalue weighted by atomic mass is 10.2. The molecule has 0 fully saturated rings. The van der Waals surface area contributed by atoms with Crippen LogP contribution in [0.2, 0.25) is 5.02 Å². The summed E-state index contributed by atoms with van der Waals surface area (Å²) in [5.41, 5.74) is 0.529. The van der Waals surface area contributed by atoms with Crippen molar-refractivity contribution in [2.24, 2.45) is 0 Å². The number of benzene rings is 1. The van der Waals surface area contributed by atoms with Crippen LogP contribution >= 0.6 is 11.6 Å². The van der Waals surface area contributed by atoms with Crippen LogP contribution in [0.25, 0.3) is 22.4 Å². The number of imidazole rings is 1. The number of rotatable bonds is 1. The summed E-state index contributed by atoms with van der Waals surface area (Å²) < 4.78 is 38.3. The van der Waals surface area contributed by atoms with Gasteiger partial charge in [0, 0.05) is 18.0 Å². The Hall–Kier alpha value is -2.08. The van der Waals surface area contributed by atoms with E-state index in [1.807, 2.05) is 0 Å². The average Bonchev–Trinajstić information content (AvgIpc) is 2.80. The van der Waals surface area contributed by atoms with Gasteiger partial charge in [0.05, 0.1) is 21.6 Å². The highest BCUT2D eigenvalue weighted by atomic mass is 35.5. The van der Waals surface area contributed by atoms with Crippen LogP contribution in [0.3, 0.4) is 0 Å². The van der Waals surface area contributed by atoms with Crippen molar-refractivity contribution in [1.29, 1.82) is 0 Å². The predicted octanol–water partition coefficient (Wildman–Crippen LogP) is 4.30. The highest BCUT2D eigenvalue weighted by molar-refractivity contribution is 6.32. The third kappa shape index (κ3) is 2.22. The molecule has 20 heavy (non-hydrogen) atoms. The summed E-state index contributed by atoms with van der Waals surface area (Å²) in [6, 6.07) is 5.60. The van der Waals surface area contributed by atoms with Gasteiger partial charge in [0.25, 0.3) is 0 Å². The molecule has 102 valence electrons. The molecule has 0 saturated carbocycles. The molecule has 0 radical (unpaired) electrons. The van der Waals surface area contributed by atoms with Gasteiger partial charge < -0.3 is 4.98 Å². The Morgan fingerprint density at radius 2 is 1.80 bits per heavy atom. The third-order valence-corrected chi connectivity index (χ3v) is 3.14. The van der Waals surface area contributed by atoms with Gasteiger partial charge >= 0.3 is 6.18 Å². The van der Waals surface area contributed by atoms with Gasteiger partial charge in [-0.05, 0) is 24.3 Å². The molecule has 3 aromatic rings. The summed E-state index contributed by atoms with van der Waals surface area (Å²) >= 11 is 5.66. The van der Waals surface area contributed by atoms with Gasteiger partial charge in [-0.15, -0.1) is 0 Å². The number of H-pyrrole nitrogens is 1. The average molecular weight is 298 g/mol. The number of aromatic amines is 1. The molecule has 2 heterocycles. The van der Waals surface area contributed by atoms with Crippen LogP contribution in [0.1, 0.15) is 5.56 Å². The molecule has 0 aliphatic rings. The molecule has 0 amide bonds. The third-order valence-electron chi connectivity index (χ3n) is 2.83. The van der Waals surface area contributed by atoms with Gasteiger partial charge in [-0.3, -0.25) is 4.98 Å². The van der Waals surface area contributed by atoms with Crippen molar-refractivity contribution in [3.63, 3.8) is 0 Å². The second-order valence-corrected chi connectivity index (χ2v) is 4.58. The Kier molecular flexibility index (Phi) is 2.90. The number of aromatic nitrogens is 3. The normalized spacial score (nSPS) is 12.0. The van der Waals surface area contributed by atoms with Crippen molar-refractivity contribution in [3.05, 3.63) is 47.2 Å². The number of halogens is 4. The monoisotopic (exact) mass is 297 g/mol. The summed E-state index contributed by atoms with van der Waals surface area (Å²) in [4.78, 5) is 11.0. The SMILES string of the molecule is FC(F)(F)c1cc2[nH]c(-c3ccncc3)nc2cc1Cl. The molecule has 3 rings (SSSR count). The van der Waals surface area contributed by atoms with Gasteiger partial charge in [-0.2, -0.15) is 13.2 Å². The molecule has 2 aromatic heterocycles. The molecule has 1 aromatic carbocycles. The summed E-state index contributed by atoms with van der Waals surface area (Å²) in [7, 11) is 0. The molecule has 3 nitrogen and oxygen atoms in total. The zero-order chi connectivity index (χ0) is 14.3. The Morgan fingerprint density at radius 1 is 1.10 bits per heavy atom. The van der Waals surface area contributed by atoms with Gasteiger partial charge in [0.2, 0.25) is 0 Å². The fourth-order valence-corrected chi connectivity index (χ4v) is 2.16. The van der Waals surface area contributed by atoms with Crippen molar-refractivity contribution in [1.82, 2.24) is 15.0 Å². The summed E-state index contributed by atoms with van der Waals surface area (Å²) in [6.07, 6.45) is -1.33. The van der Waals surface area contributed by atoms with Gasteiger partial charge in [-0.25, -0.2) is 4.98 Å². The molecule has 0 aliphatic heterocycles. The van der Waals surface area contributed by atoms with Crippen LogP contribution in [0.5, 0.6) is 0 Å². The molecule has 1 N–H and O–H groups in total. The van der Waals surface area contributed by atoms with Crippen LogP contribution < -0.4 is 0 Å². The second kappa shape index (κ2) is 4.49. The number of hydrogen-bond acceptors (Lipinski definition) is 2. The zero-order valence-electron chi connectivity index (χ0n) is 9.87. The number of hydrogen-bond donors (Lipinski definition) is 1. The predicted molar refractivity (Wildman–Crippen MR) is 69.3 cm³/mol. The van der Waals surface area contributed by atoms with Gasteiger partial charge in [0.1, 0.15) is 5.82 Å². The second-order valence-electron chi connectivity index (χ2n) is 4.17. The quantitative estimate of drug-likeness (QED) is 0.727. The van der Waals surface area contributed by atoms with Crippen LogP contribution in [0.15, 0.2) is 36.7 Å². The molecule has 0 spiro atoms. The highest BCUT2D eigenvalue weighted by Crippen LogP contribution is 2.37. The molecule has 0 saturated heterocycles. The number of alkyl halides is 3. The van der Waals surface area contributed by atoms with Crippen LogP contribution in [0, 0.1) is 0 Å². The Balaban J connectivity index is 2.17. The van der Waals surface area contributed by atoms with E-state index in [9.17, 15) is 13.2 Å². The number of fused-ring (bicyclic) bond motifs is 1. The van der Waals surface area contributed by atoms with Crippen molar-refractivity contribution < 1.29 is 13.2 Å². The fourth-order valence-electron chi connectivity index (χ4n) is 1.90. The van der Waals surface area contributed by atoms with Crippen LogP contribution in [-0.4, -0.2) is 15.0 Å². The molecular formula is C13H7ClF3N3. The van der Waals surface area contributed by atoms with E-state index in [0.717, 1.165) is 11.6 Å². The largest absolute Gasteiger partial charge is 0.417 e. The molecule has 0 atom stereocenters. The topological polar surface area (TPSA) is 41.6 Å². The van der Waals surface area contributed by atoms with Crippen LogP contribution in [0.4, 0.5) is 13.2 Å². The van der Waals surface area contributed by atoms with Crippen molar-refractivity contribution in [2.75, 3.05) is 0 Å². The standard InChI is InChI=1S/C13H7ClF3N3/c14-9-6-11-10(5-8(9)13(15,16)17)19-12(20-11)7-1-3-18-4-2-7/h1-6H,(H,19,20). The maximum absolute atomic E-state index is 12.8. The van der Waals surface area contributed by atoms with Gasteiger partial charge in [0.15, 0.2) is 0 Å². The lowest BCUT2D eigenvalue weighted by Gasteiger charge is -2.07. The zero-order valence-corrected chi connectivity index (χ0v) is 10.6. The van der Waals surface area contributed by atoms with Crippen molar-refractivity contribution >= 4 is 22.6 Å². The minimum atomic E-state index is -4.49. The van der Waals surface area contributed by atoms with Gasteiger partial charge in [-0.1, -0.05) is 11.6 Å². The van der Waals surface area contributed by atoms with E-state index < -0.39 is 11.7 Å². The fraction of sp³-hybridized carbons (Fsp3) is 0.0769. The number of nitrogens with zero attached hydrogens (tertiary/aromatic N) is 2. The highest BCUT2D eigenvalue weighted by Gasteiger charge is 2.33. The molecule has 0 bridgehead atoms. The Bertz CT molecular complexity index is 766. The van der Waals surface area contributed by atoms with E-state index in [2.05, 4.69) is 15.0 Å². The first-order valence-corrected chi connectivity index (χ1v) is 6.00. The first kappa shape index (κ1) is 12.9. The lowest BCUT2D eigenvalue weighted by molar-refractivity contribution is -0.137. The van der Waals surface area contributed by atoms with E-state index in [-0.39, 0.29) is 10.5 Å². The minimum Gasteiger partial charge on any atom is -0.338 e. The Labute approximate surface area is 116 Å². The van der Waals surface area contributed by atoms with E-state index in [0.29, 0.717) is 11.3 Å². The number of pyridine rings is 1. The summed E-state index contributed by atoms with van der Waals surface area (Å²) in [5, 5.41) is -0.363. The summed E-state index contributed by atoms with van der Waals surface area (Å²) in [6.45, 7) is 0. The molecule has 0 aliphatic carbocycles. The smallest absolute Gasteiger partial charge is 0.338 e. The first-order valence-electron chi connectivity index (χ1n) is 5.62. The van der Waals surface area contributed by atoms with E-state index >= 15 is 0 Å². The van der Waals surface area contributed by atoms with E-state index in [1.165, 1.54) is 6.07 Å². The lowest BCUT2D eigenvalue weighted by Crippen LogP contribution is -2.05. The minimum absolute atomic E-state index is 0.286. The molecule has 0 unspecified atom stereocenters. The van der Waals surface area contributed by atoms with E-state index in [1.54, 1.807) is 24.5 Å². The van der Waals surface area contributed by atoms with E-state index in [4.69, 9.17) is 11.6 Å². The van der Waals surface area contributed by atoms with Crippen molar-refractivity contribution in [3.8, 4) is 11.4 Å². The maximum Gasteiger partial charge on any atom is 0.417 e. The maximum atomic E-state index is 12.8. The molecular weight excluding hydrogens is 291 g/mol. The summed E-state index contributed by atoms with van der Waals surface area (Å²) in [5.74, 6) is 0.470. The van der Waals surface area contributed by atoms with Crippen LogP contribution in [-0.2, 0) is 6.18 Å². The Morgan fingerprint density at radius 3 is 2.45 bits per heavy atom.